The predicted molar refractivity (Wildman–Crippen MR) is 55.4 cm³/mol. The van der Waals surface area contributed by atoms with E-state index in [1.54, 1.807) is 0 Å². The third-order valence-corrected chi connectivity index (χ3v) is 3.15. The molecule has 1 aliphatic carbocycles. The van der Waals surface area contributed by atoms with Crippen molar-refractivity contribution in [1.29, 1.82) is 0 Å². The van der Waals surface area contributed by atoms with Crippen LogP contribution in [0.3, 0.4) is 0 Å². The second-order valence-corrected chi connectivity index (χ2v) is 4.13. The van der Waals surface area contributed by atoms with Crippen LogP contribution < -0.4 is 0 Å². The fraction of sp³-hybridized carbons (Fsp3) is 0.500. The molecule has 13 heavy (non-hydrogen) atoms. The first-order valence-electron chi connectivity index (χ1n) is 4.20. The number of esters is 1. The second kappa shape index (κ2) is 4.09. The maximum Gasteiger partial charge on any atom is 0.313 e. The molecule has 0 saturated heterocycles. The van der Waals surface area contributed by atoms with Gasteiger partial charge in [-0.25, -0.2) is 0 Å². The van der Waals surface area contributed by atoms with Gasteiger partial charge in [0.05, 0.1) is 13.0 Å². The predicted octanol–water partition coefficient (Wildman–Crippen LogP) is 2.65. The third kappa shape index (κ3) is 2.21. The number of hydrogen-bond acceptors (Lipinski definition) is 2. The minimum Gasteiger partial charge on any atom is -0.469 e. The Hall–Kier alpha value is -0.570. The molecule has 0 N–H and O–H groups in total. The molecule has 1 rings (SSSR count). The van der Waals surface area contributed by atoms with E-state index < -0.39 is 0 Å². The summed E-state index contributed by atoms with van der Waals surface area (Å²) in [6.45, 7) is 4.03. The summed E-state index contributed by atoms with van der Waals surface area (Å²) >= 11 is 3.40. The van der Waals surface area contributed by atoms with Crippen LogP contribution in [0.15, 0.2) is 22.2 Å². The molecule has 0 aromatic heterocycles. The smallest absolute Gasteiger partial charge is 0.313 e. The Kier molecular flexibility index (Phi) is 3.31. The molecule has 0 spiro atoms. The quantitative estimate of drug-likeness (QED) is 0.664. The number of carbonyl (C=O) groups excluding carboxylic acids is 1. The summed E-state index contributed by atoms with van der Waals surface area (Å²) in [5.41, 5.74) is 1.17. The maximum atomic E-state index is 11.3. The highest BCUT2D eigenvalue weighted by atomic mass is 79.9. The van der Waals surface area contributed by atoms with E-state index in [0.717, 1.165) is 4.48 Å². The Morgan fingerprint density at radius 1 is 1.54 bits per heavy atom. The van der Waals surface area contributed by atoms with Crippen LogP contribution in [0.5, 0.6) is 0 Å². The third-order valence-electron chi connectivity index (χ3n) is 2.26. The Balaban J connectivity index is 2.87. The Morgan fingerprint density at radius 3 is 2.69 bits per heavy atom. The van der Waals surface area contributed by atoms with Crippen LogP contribution in [0.25, 0.3) is 0 Å². The van der Waals surface area contributed by atoms with E-state index in [2.05, 4.69) is 22.0 Å². The standard InChI is InChI=1S/C10H13BrO2/c1-6-4-7(2)9(11)5-8(6)10(12)13-3/h4-6,8H,1-3H3. The van der Waals surface area contributed by atoms with E-state index in [4.69, 9.17) is 4.74 Å². The molecule has 2 nitrogen and oxygen atoms in total. The topological polar surface area (TPSA) is 26.3 Å². The fourth-order valence-electron chi connectivity index (χ4n) is 1.44. The lowest BCUT2D eigenvalue weighted by molar-refractivity contribution is -0.144. The van der Waals surface area contributed by atoms with Gasteiger partial charge in [-0.05, 0) is 18.4 Å². The Bertz CT molecular complexity index is 279. The summed E-state index contributed by atoms with van der Waals surface area (Å²) in [5.74, 6) is -0.106. The zero-order chi connectivity index (χ0) is 10.0. The summed E-state index contributed by atoms with van der Waals surface area (Å²) in [6, 6.07) is 0. The van der Waals surface area contributed by atoms with Gasteiger partial charge in [-0.15, -0.1) is 0 Å². The molecule has 0 saturated carbocycles. The van der Waals surface area contributed by atoms with Crippen molar-refractivity contribution >= 4 is 21.9 Å². The lowest BCUT2D eigenvalue weighted by atomic mass is 9.87. The summed E-state index contributed by atoms with van der Waals surface area (Å²) in [5, 5.41) is 0. The molecule has 3 heteroatoms. The van der Waals surface area contributed by atoms with E-state index in [1.807, 2.05) is 19.9 Å². The van der Waals surface area contributed by atoms with Crippen LogP contribution in [0.2, 0.25) is 0 Å². The number of allylic oxidation sites excluding steroid dienone is 3. The average molecular weight is 245 g/mol. The molecule has 0 radical (unpaired) electrons. The molecule has 72 valence electrons. The first-order chi connectivity index (χ1) is 6.06. The molecule has 2 atom stereocenters. The van der Waals surface area contributed by atoms with Gasteiger partial charge < -0.3 is 4.74 Å². The van der Waals surface area contributed by atoms with Gasteiger partial charge in [-0.2, -0.15) is 0 Å². The largest absolute Gasteiger partial charge is 0.469 e. The normalized spacial score (nSPS) is 27.7. The van der Waals surface area contributed by atoms with Gasteiger partial charge in [0.2, 0.25) is 0 Å². The second-order valence-electron chi connectivity index (χ2n) is 3.27. The van der Waals surface area contributed by atoms with Crippen molar-refractivity contribution in [2.45, 2.75) is 13.8 Å². The van der Waals surface area contributed by atoms with Gasteiger partial charge >= 0.3 is 5.97 Å². The maximum absolute atomic E-state index is 11.3. The van der Waals surface area contributed by atoms with Gasteiger partial charge in [0.1, 0.15) is 0 Å². The summed E-state index contributed by atoms with van der Waals surface area (Å²) in [7, 11) is 1.42. The van der Waals surface area contributed by atoms with E-state index in [0.29, 0.717) is 0 Å². The molecular formula is C10H13BrO2. The van der Waals surface area contributed by atoms with Crippen molar-refractivity contribution in [3.63, 3.8) is 0 Å². The van der Waals surface area contributed by atoms with Gasteiger partial charge in [0, 0.05) is 4.48 Å². The zero-order valence-corrected chi connectivity index (χ0v) is 9.59. The fourth-order valence-corrected chi connectivity index (χ4v) is 1.85. The Morgan fingerprint density at radius 2 is 2.15 bits per heavy atom. The minimum atomic E-state index is -0.173. The molecule has 0 aliphatic heterocycles. The molecule has 0 heterocycles. The molecule has 2 unspecified atom stereocenters. The van der Waals surface area contributed by atoms with Crippen LogP contribution in [-0.4, -0.2) is 13.1 Å². The zero-order valence-electron chi connectivity index (χ0n) is 8.00. The molecular weight excluding hydrogens is 232 g/mol. The van der Waals surface area contributed by atoms with Gasteiger partial charge in [-0.1, -0.05) is 35.0 Å². The number of halogens is 1. The lowest BCUT2D eigenvalue weighted by Gasteiger charge is -2.21. The first-order valence-corrected chi connectivity index (χ1v) is 4.99. The van der Waals surface area contributed by atoms with Gasteiger partial charge in [0.15, 0.2) is 0 Å². The number of hydrogen-bond donors (Lipinski definition) is 0. The van der Waals surface area contributed by atoms with Crippen molar-refractivity contribution in [3.8, 4) is 0 Å². The average Bonchev–Trinajstić information content (AvgIpc) is 2.10. The molecule has 1 aliphatic rings. The van der Waals surface area contributed by atoms with Crippen molar-refractivity contribution in [3.05, 3.63) is 22.2 Å². The first kappa shape index (κ1) is 10.5. The number of carbonyl (C=O) groups is 1. The van der Waals surface area contributed by atoms with E-state index >= 15 is 0 Å². The van der Waals surface area contributed by atoms with E-state index in [1.165, 1.54) is 12.7 Å². The monoisotopic (exact) mass is 244 g/mol. The molecule has 0 amide bonds. The highest BCUT2D eigenvalue weighted by Gasteiger charge is 2.26. The Labute approximate surface area is 86.8 Å². The van der Waals surface area contributed by atoms with E-state index in [-0.39, 0.29) is 17.8 Å². The summed E-state index contributed by atoms with van der Waals surface area (Å²) in [4.78, 5) is 11.3. The highest BCUT2D eigenvalue weighted by molar-refractivity contribution is 9.12. The lowest BCUT2D eigenvalue weighted by Crippen LogP contribution is -2.22. The molecule has 0 aromatic carbocycles. The van der Waals surface area contributed by atoms with Crippen molar-refractivity contribution < 1.29 is 9.53 Å². The number of methoxy groups -OCH3 is 1. The number of ether oxygens (including phenoxy) is 1. The van der Waals surface area contributed by atoms with E-state index in [9.17, 15) is 4.79 Å². The molecule has 0 fully saturated rings. The highest BCUT2D eigenvalue weighted by Crippen LogP contribution is 2.31. The van der Waals surface area contributed by atoms with Crippen molar-refractivity contribution in [1.82, 2.24) is 0 Å². The van der Waals surface area contributed by atoms with Gasteiger partial charge in [-0.3, -0.25) is 4.79 Å². The minimum absolute atomic E-state index is 0.150. The van der Waals surface area contributed by atoms with Crippen molar-refractivity contribution in [2.24, 2.45) is 11.8 Å². The van der Waals surface area contributed by atoms with Gasteiger partial charge in [0.25, 0.3) is 0 Å². The van der Waals surface area contributed by atoms with Crippen molar-refractivity contribution in [2.75, 3.05) is 7.11 Å². The van der Waals surface area contributed by atoms with Crippen LogP contribution in [0.1, 0.15) is 13.8 Å². The van der Waals surface area contributed by atoms with Crippen LogP contribution in [0.4, 0.5) is 0 Å². The SMILES string of the molecule is COC(=O)C1C=C(Br)C(C)=CC1C. The molecule has 0 bridgehead atoms. The molecule has 0 aromatic rings. The summed E-state index contributed by atoms with van der Waals surface area (Å²) in [6.07, 6.45) is 3.98. The van der Waals surface area contributed by atoms with Crippen LogP contribution in [0, 0.1) is 11.8 Å². The summed E-state index contributed by atoms with van der Waals surface area (Å²) < 4.78 is 5.70. The number of rotatable bonds is 1. The van der Waals surface area contributed by atoms with Crippen LogP contribution >= 0.6 is 15.9 Å². The van der Waals surface area contributed by atoms with Crippen LogP contribution in [-0.2, 0) is 9.53 Å².